The number of nitrogens with zero attached hydrogens (tertiary/aromatic N) is 1. The number of aromatic nitrogens is 2. The minimum atomic E-state index is -0.236. The fourth-order valence-corrected chi connectivity index (χ4v) is 1.72. The minimum Gasteiger partial charge on any atom is -0.306 e. The molecule has 0 aliphatic carbocycles. The van der Waals surface area contributed by atoms with Gasteiger partial charge < -0.3 is 4.98 Å². The highest BCUT2D eigenvalue weighted by Crippen LogP contribution is 2.23. The van der Waals surface area contributed by atoms with E-state index in [1.54, 1.807) is 12.1 Å². The molecule has 2 rings (SSSR count). The standard InChI is InChI=1S/C11H8Cl2N2O/c12-6-7-5-10(16)15-11(14-7)8-3-1-2-4-9(8)13/h1-5H,6H2,(H,14,15,16). The molecule has 0 unspecified atom stereocenters. The first kappa shape index (κ1) is 11.2. The fourth-order valence-electron chi connectivity index (χ4n) is 1.36. The van der Waals surface area contributed by atoms with E-state index in [0.717, 1.165) is 0 Å². The summed E-state index contributed by atoms with van der Waals surface area (Å²) in [4.78, 5) is 18.2. The molecule has 0 aliphatic rings. The van der Waals surface area contributed by atoms with E-state index < -0.39 is 0 Å². The van der Waals surface area contributed by atoms with Crippen LogP contribution < -0.4 is 5.56 Å². The molecule has 82 valence electrons. The Morgan fingerprint density at radius 3 is 2.75 bits per heavy atom. The Bertz CT molecular complexity index is 566. The molecule has 1 aromatic carbocycles. The van der Waals surface area contributed by atoms with Crippen LogP contribution in [0.1, 0.15) is 5.69 Å². The van der Waals surface area contributed by atoms with Crippen LogP contribution in [0.15, 0.2) is 35.1 Å². The predicted octanol–water partition coefficient (Wildman–Crippen LogP) is 2.83. The van der Waals surface area contributed by atoms with Gasteiger partial charge in [-0.15, -0.1) is 11.6 Å². The second-order valence-corrected chi connectivity index (χ2v) is 3.87. The molecule has 0 atom stereocenters. The third-order valence-electron chi connectivity index (χ3n) is 2.06. The molecule has 1 heterocycles. The fraction of sp³-hybridized carbons (Fsp3) is 0.0909. The summed E-state index contributed by atoms with van der Waals surface area (Å²) in [7, 11) is 0. The number of benzene rings is 1. The summed E-state index contributed by atoms with van der Waals surface area (Å²) in [6, 6.07) is 8.54. The number of aromatic amines is 1. The summed E-state index contributed by atoms with van der Waals surface area (Å²) in [6.45, 7) is 0. The first-order valence-corrected chi connectivity index (χ1v) is 5.53. The Labute approximate surface area is 102 Å². The Morgan fingerprint density at radius 2 is 2.06 bits per heavy atom. The summed E-state index contributed by atoms with van der Waals surface area (Å²) in [6.07, 6.45) is 0. The van der Waals surface area contributed by atoms with Gasteiger partial charge in [0.25, 0.3) is 5.56 Å². The molecule has 1 aromatic heterocycles. The maximum atomic E-state index is 11.4. The van der Waals surface area contributed by atoms with Crippen molar-refractivity contribution >= 4 is 23.2 Å². The van der Waals surface area contributed by atoms with Crippen LogP contribution in [0, 0.1) is 0 Å². The van der Waals surface area contributed by atoms with Gasteiger partial charge in [-0.2, -0.15) is 0 Å². The van der Waals surface area contributed by atoms with Crippen LogP contribution in [0.4, 0.5) is 0 Å². The van der Waals surface area contributed by atoms with Gasteiger partial charge in [0.1, 0.15) is 5.82 Å². The molecule has 2 aromatic rings. The smallest absolute Gasteiger partial charge is 0.251 e. The number of hydrogen-bond donors (Lipinski definition) is 1. The van der Waals surface area contributed by atoms with Gasteiger partial charge in [-0.05, 0) is 12.1 Å². The number of alkyl halides is 1. The van der Waals surface area contributed by atoms with Gasteiger partial charge in [0.2, 0.25) is 0 Å². The van der Waals surface area contributed by atoms with Crippen molar-refractivity contribution in [3.8, 4) is 11.4 Å². The molecule has 5 heteroatoms. The van der Waals surface area contributed by atoms with Crippen LogP contribution in [0.3, 0.4) is 0 Å². The summed E-state index contributed by atoms with van der Waals surface area (Å²) >= 11 is 11.7. The van der Waals surface area contributed by atoms with Crippen molar-refractivity contribution in [2.75, 3.05) is 0 Å². The second kappa shape index (κ2) is 4.68. The van der Waals surface area contributed by atoms with Gasteiger partial charge in [0.05, 0.1) is 16.6 Å². The lowest BCUT2D eigenvalue weighted by Gasteiger charge is -2.04. The summed E-state index contributed by atoms with van der Waals surface area (Å²) in [5.41, 5.74) is 0.981. The molecule has 0 fully saturated rings. The normalized spacial score (nSPS) is 10.4. The zero-order valence-corrected chi connectivity index (χ0v) is 9.72. The van der Waals surface area contributed by atoms with E-state index in [2.05, 4.69) is 9.97 Å². The number of hydrogen-bond acceptors (Lipinski definition) is 2. The minimum absolute atomic E-state index is 0.196. The average molecular weight is 255 g/mol. The molecule has 0 radical (unpaired) electrons. The maximum Gasteiger partial charge on any atom is 0.251 e. The largest absolute Gasteiger partial charge is 0.306 e. The SMILES string of the molecule is O=c1cc(CCl)nc(-c2ccccc2Cl)[nH]1. The van der Waals surface area contributed by atoms with E-state index in [-0.39, 0.29) is 11.4 Å². The molecule has 0 bridgehead atoms. The molecule has 0 saturated heterocycles. The number of H-pyrrole nitrogens is 1. The maximum absolute atomic E-state index is 11.4. The van der Waals surface area contributed by atoms with Crippen LogP contribution in [-0.4, -0.2) is 9.97 Å². The summed E-state index contributed by atoms with van der Waals surface area (Å²) in [5, 5.41) is 0.539. The first-order chi connectivity index (χ1) is 7.70. The van der Waals surface area contributed by atoms with Crippen molar-refractivity contribution in [1.82, 2.24) is 9.97 Å². The lowest BCUT2D eigenvalue weighted by Crippen LogP contribution is -2.09. The van der Waals surface area contributed by atoms with Gasteiger partial charge in [0.15, 0.2) is 0 Å². The average Bonchev–Trinajstić information content (AvgIpc) is 2.28. The van der Waals surface area contributed by atoms with Crippen molar-refractivity contribution in [2.45, 2.75) is 5.88 Å². The molecule has 16 heavy (non-hydrogen) atoms. The summed E-state index contributed by atoms with van der Waals surface area (Å²) in [5.74, 6) is 0.634. The predicted molar refractivity (Wildman–Crippen MR) is 64.9 cm³/mol. The Kier molecular flexibility index (Phi) is 3.27. The molecule has 0 spiro atoms. The molecular weight excluding hydrogens is 247 g/mol. The number of rotatable bonds is 2. The van der Waals surface area contributed by atoms with Gasteiger partial charge in [-0.3, -0.25) is 4.79 Å². The van der Waals surface area contributed by atoms with Crippen LogP contribution >= 0.6 is 23.2 Å². The molecule has 0 amide bonds. The Morgan fingerprint density at radius 1 is 1.31 bits per heavy atom. The summed E-state index contributed by atoms with van der Waals surface area (Å²) < 4.78 is 0. The molecule has 1 N–H and O–H groups in total. The second-order valence-electron chi connectivity index (χ2n) is 3.20. The quantitative estimate of drug-likeness (QED) is 0.838. The van der Waals surface area contributed by atoms with Crippen LogP contribution in [0.25, 0.3) is 11.4 Å². The lowest BCUT2D eigenvalue weighted by atomic mass is 10.2. The van der Waals surface area contributed by atoms with Gasteiger partial charge in [-0.25, -0.2) is 4.98 Å². The van der Waals surface area contributed by atoms with Gasteiger partial charge >= 0.3 is 0 Å². The van der Waals surface area contributed by atoms with Gasteiger partial charge in [0, 0.05) is 11.6 Å². The zero-order chi connectivity index (χ0) is 11.5. The zero-order valence-electron chi connectivity index (χ0n) is 8.21. The Hall–Kier alpha value is -1.32. The highest BCUT2D eigenvalue weighted by molar-refractivity contribution is 6.33. The van der Waals surface area contributed by atoms with Gasteiger partial charge in [-0.1, -0.05) is 23.7 Å². The van der Waals surface area contributed by atoms with Crippen molar-refractivity contribution in [3.63, 3.8) is 0 Å². The molecule has 3 nitrogen and oxygen atoms in total. The van der Waals surface area contributed by atoms with E-state index in [1.165, 1.54) is 6.07 Å². The van der Waals surface area contributed by atoms with Crippen molar-refractivity contribution in [1.29, 1.82) is 0 Å². The van der Waals surface area contributed by atoms with Crippen molar-refractivity contribution in [3.05, 3.63) is 51.4 Å². The van der Waals surface area contributed by atoms with Crippen molar-refractivity contribution < 1.29 is 0 Å². The van der Waals surface area contributed by atoms with Crippen LogP contribution in [-0.2, 0) is 5.88 Å². The highest BCUT2D eigenvalue weighted by atomic mass is 35.5. The van der Waals surface area contributed by atoms with Crippen molar-refractivity contribution in [2.24, 2.45) is 0 Å². The monoisotopic (exact) mass is 254 g/mol. The first-order valence-electron chi connectivity index (χ1n) is 4.62. The van der Waals surface area contributed by atoms with Crippen LogP contribution in [0.5, 0.6) is 0 Å². The number of halogens is 2. The Balaban J connectivity index is 2.60. The highest BCUT2D eigenvalue weighted by Gasteiger charge is 2.06. The van der Waals surface area contributed by atoms with Crippen LogP contribution in [0.2, 0.25) is 5.02 Å². The van der Waals surface area contributed by atoms with E-state index >= 15 is 0 Å². The topological polar surface area (TPSA) is 45.8 Å². The van der Waals surface area contributed by atoms with E-state index in [1.807, 2.05) is 12.1 Å². The molecule has 0 saturated carbocycles. The third kappa shape index (κ3) is 2.26. The molecular formula is C11H8Cl2N2O. The van der Waals surface area contributed by atoms with E-state index in [0.29, 0.717) is 22.1 Å². The number of nitrogens with one attached hydrogen (secondary N) is 1. The van der Waals surface area contributed by atoms with E-state index in [4.69, 9.17) is 23.2 Å². The third-order valence-corrected chi connectivity index (χ3v) is 2.66. The lowest BCUT2D eigenvalue weighted by molar-refractivity contribution is 1.06. The molecule has 0 aliphatic heterocycles. The van der Waals surface area contributed by atoms with E-state index in [9.17, 15) is 4.79 Å².